The first-order valence-electron chi connectivity index (χ1n) is 6.34. The summed E-state index contributed by atoms with van der Waals surface area (Å²) in [7, 11) is 0. The summed E-state index contributed by atoms with van der Waals surface area (Å²) in [6.07, 6.45) is 5.99. The Hall–Kier alpha value is -0.370. The molecule has 0 aromatic carbocycles. The van der Waals surface area contributed by atoms with Crippen LogP contribution in [0.2, 0.25) is 0 Å². The van der Waals surface area contributed by atoms with Crippen molar-refractivity contribution in [3.8, 4) is 0 Å². The molecule has 0 bridgehead atoms. The Morgan fingerprint density at radius 1 is 1.20 bits per heavy atom. The lowest BCUT2D eigenvalue weighted by Crippen LogP contribution is -2.45. The summed E-state index contributed by atoms with van der Waals surface area (Å²) in [4.78, 5) is 14.5. The van der Waals surface area contributed by atoms with Crippen molar-refractivity contribution in [3.63, 3.8) is 0 Å². The summed E-state index contributed by atoms with van der Waals surface area (Å²) in [5.41, 5.74) is 0.715. The molecule has 3 fully saturated rings. The van der Waals surface area contributed by atoms with E-state index in [-0.39, 0.29) is 6.04 Å². The zero-order valence-corrected chi connectivity index (χ0v) is 9.88. The molecule has 2 aliphatic heterocycles. The fourth-order valence-corrected chi connectivity index (χ4v) is 4.50. The highest BCUT2D eigenvalue weighted by Crippen LogP contribution is 2.61. The zero-order valence-electron chi connectivity index (χ0n) is 9.88. The van der Waals surface area contributed by atoms with Gasteiger partial charge >= 0.3 is 0 Å². The fourth-order valence-electron chi connectivity index (χ4n) is 4.50. The van der Waals surface area contributed by atoms with Crippen molar-refractivity contribution >= 4 is 5.78 Å². The van der Waals surface area contributed by atoms with Crippen LogP contribution in [0.5, 0.6) is 0 Å². The normalized spacial score (nSPS) is 44.1. The van der Waals surface area contributed by atoms with E-state index in [1.165, 1.54) is 32.2 Å². The minimum absolute atomic E-state index is 0.287. The van der Waals surface area contributed by atoms with Gasteiger partial charge in [-0.15, -0.1) is 0 Å². The van der Waals surface area contributed by atoms with Crippen molar-refractivity contribution < 1.29 is 4.79 Å². The third-order valence-corrected chi connectivity index (χ3v) is 5.46. The maximum Gasteiger partial charge on any atom is 0.151 e. The quantitative estimate of drug-likeness (QED) is 0.607. The molecule has 1 spiro atoms. The summed E-state index contributed by atoms with van der Waals surface area (Å²) in [6.45, 7) is 6.96. The Labute approximate surface area is 92.0 Å². The largest absolute Gasteiger partial charge is 0.298 e. The molecule has 1 aliphatic carbocycles. The molecular weight excluding hydrogens is 186 g/mol. The SMILES string of the molecule is CC1(C)CCC[C@]12CCN1CCC(=O)[C@H]12. The number of nitrogens with zero attached hydrogens (tertiary/aromatic N) is 1. The molecule has 0 radical (unpaired) electrons. The molecule has 0 aromatic heterocycles. The van der Waals surface area contributed by atoms with Crippen LogP contribution in [-0.4, -0.2) is 29.8 Å². The highest BCUT2D eigenvalue weighted by molar-refractivity contribution is 5.87. The third-order valence-electron chi connectivity index (χ3n) is 5.46. The van der Waals surface area contributed by atoms with Gasteiger partial charge in [0.15, 0.2) is 5.78 Å². The molecule has 3 rings (SSSR count). The monoisotopic (exact) mass is 207 g/mol. The molecule has 84 valence electrons. The molecular formula is C13H21NO. The van der Waals surface area contributed by atoms with Gasteiger partial charge in [0.25, 0.3) is 0 Å². The predicted octanol–water partition coefficient (Wildman–Crippen LogP) is 2.23. The average molecular weight is 207 g/mol. The Kier molecular flexibility index (Phi) is 1.87. The topological polar surface area (TPSA) is 20.3 Å². The van der Waals surface area contributed by atoms with Gasteiger partial charge in [0.2, 0.25) is 0 Å². The van der Waals surface area contributed by atoms with Crippen LogP contribution < -0.4 is 0 Å². The van der Waals surface area contributed by atoms with Crippen LogP contribution in [0.3, 0.4) is 0 Å². The molecule has 2 heteroatoms. The van der Waals surface area contributed by atoms with Gasteiger partial charge in [0, 0.05) is 13.0 Å². The van der Waals surface area contributed by atoms with E-state index in [0.717, 1.165) is 13.0 Å². The zero-order chi connectivity index (χ0) is 10.7. The summed E-state index contributed by atoms with van der Waals surface area (Å²) < 4.78 is 0. The van der Waals surface area contributed by atoms with Crippen LogP contribution in [0.15, 0.2) is 0 Å². The van der Waals surface area contributed by atoms with Crippen molar-refractivity contribution in [2.45, 2.75) is 52.0 Å². The number of fused-ring (bicyclic) bond motifs is 2. The van der Waals surface area contributed by atoms with E-state index in [2.05, 4.69) is 18.7 Å². The van der Waals surface area contributed by atoms with E-state index < -0.39 is 0 Å². The highest BCUT2D eigenvalue weighted by atomic mass is 16.1. The van der Waals surface area contributed by atoms with Gasteiger partial charge in [-0.3, -0.25) is 9.69 Å². The smallest absolute Gasteiger partial charge is 0.151 e. The Morgan fingerprint density at radius 3 is 2.67 bits per heavy atom. The molecule has 2 atom stereocenters. The second-order valence-corrected chi connectivity index (χ2v) is 6.30. The van der Waals surface area contributed by atoms with Crippen LogP contribution in [0.1, 0.15) is 46.0 Å². The molecule has 2 heterocycles. The van der Waals surface area contributed by atoms with Crippen LogP contribution in [0.25, 0.3) is 0 Å². The van der Waals surface area contributed by atoms with Gasteiger partial charge in [-0.1, -0.05) is 20.3 Å². The number of rotatable bonds is 0. The average Bonchev–Trinajstić information content (AvgIpc) is 2.76. The molecule has 2 saturated heterocycles. The Balaban J connectivity index is 2.02. The lowest BCUT2D eigenvalue weighted by molar-refractivity contribution is -0.124. The summed E-state index contributed by atoms with van der Waals surface area (Å²) in [5.74, 6) is 0.530. The second kappa shape index (κ2) is 2.85. The number of ketones is 1. The number of Topliss-reactive ketones (excluding diaryl/α,β-unsaturated/α-hetero) is 1. The molecule has 2 nitrogen and oxygen atoms in total. The summed E-state index contributed by atoms with van der Waals surface area (Å²) >= 11 is 0. The number of hydrogen-bond donors (Lipinski definition) is 0. The molecule has 0 amide bonds. The molecule has 1 saturated carbocycles. The Bertz CT molecular complexity index is 310. The maximum atomic E-state index is 12.1. The minimum Gasteiger partial charge on any atom is -0.298 e. The lowest BCUT2D eigenvalue weighted by Gasteiger charge is -2.42. The van der Waals surface area contributed by atoms with Gasteiger partial charge in [0.05, 0.1) is 6.04 Å². The first-order valence-corrected chi connectivity index (χ1v) is 6.34. The van der Waals surface area contributed by atoms with E-state index in [9.17, 15) is 4.79 Å². The van der Waals surface area contributed by atoms with Gasteiger partial charge in [-0.25, -0.2) is 0 Å². The van der Waals surface area contributed by atoms with Crippen LogP contribution in [-0.2, 0) is 4.79 Å². The van der Waals surface area contributed by atoms with E-state index in [1.807, 2.05) is 0 Å². The summed E-state index contributed by atoms with van der Waals surface area (Å²) in [5, 5.41) is 0. The Morgan fingerprint density at radius 2 is 2.00 bits per heavy atom. The van der Waals surface area contributed by atoms with Crippen molar-refractivity contribution in [1.82, 2.24) is 4.90 Å². The maximum absolute atomic E-state index is 12.1. The third kappa shape index (κ3) is 1.06. The van der Waals surface area contributed by atoms with Crippen molar-refractivity contribution in [3.05, 3.63) is 0 Å². The lowest BCUT2D eigenvalue weighted by atomic mass is 9.63. The fraction of sp³-hybridized carbons (Fsp3) is 0.923. The van der Waals surface area contributed by atoms with Crippen LogP contribution in [0, 0.1) is 10.8 Å². The van der Waals surface area contributed by atoms with Gasteiger partial charge < -0.3 is 0 Å². The number of hydrogen-bond acceptors (Lipinski definition) is 2. The van der Waals surface area contributed by atoms with Gasteiger partial charge in [-0.2, -0.15) is 0 Å². The minimum atomic E-state index is 0.287. The van der Waals surface area contributed by atoms with E-state index in [4.69, 9.17) is 0 Å². The predicted molar refractivity (Wildman–Crippen MR) is 59.7 cm³/mol. The molecule has 3 aliphatic rings. The molecule has 15 heavy (non-hydrogen) atoms. The number of carbonyl (C=O) groups is 1. The van der Waals surface area contributed by atoms with Crippen molar-refractivity contribution in [2.75, 3.05) is 13.1 Å². The van der Waals surface area contributed by atoms with E-state index >= 15 is 0 Å². The first-order chi connectivity index (χ1) is 7.07. The van der Waals surface area contributed by atoms with E-state index in [1.54, 1.807) is 0 Å². The number of carbonyl (C=O) groups excluding carboxylic acids is 1. The van der Waals surface area contributed by atoms with Crippen molar-refractivity contribution in [1.29, 1.82) is 0 Å². The molecule has 0 unspecified atom stereocenters. The standard InChI is InChI=1S/C13H21NO/c1-12(2)5-3-6-13(12)7-9-14-8-4-10(15)11(13)14/h11H,3-9H2,1-2H3/t11-,13+/m0/s1. The van der Waals surface area contributed by atoms with Gasteiger partial charge in [-0.05, 0) is 36.6 Å². The van der Waals surface area contributed by atoms with Gasteiger partial charge in [0.1, 0.15) is 0 Å². The van der Waals surface area contributed by atoms with Crippen molar-refractivity contribution in [2.24, 2.45) is 10.8 Å². The van der Waals surface area contributed by atoms with E-state index in [0.29, 0.717) is 16.6 Å². The van der Waals surface area contributed by atoms with Crippen LogP contribution in [0.4, 0.5) is 0 Å². The molecule has 0 aromatic rings. The summed E-state index contributed by atoms with van der Waals surface area (Å²) in [6, 6.07) is 0.287. The second-order valence-electron chi connectivity index (χ2n) is 6.30. The van der Waals surface area contributed by atoms with Crippen LogP contribution >= 0.6 is 0 Å². The molecule has 0 N–H and O–H groups in total. The first kappa shape index (κ1) is 9.83. The highest BCUT2D eigenvalue weighted by Gasteiger charge is 2.61.